The van der Waals surface area contributed by atoms with Crippen LogP contribution in [0.5, 0.6) is 0 Å². The normalized spacial score (nSPS) is 39.2. The number of hydrogen-bond acceptors (Lipinski definition) is 4. The quantitative estimate of drug-likeness (QED) is 0.346. The molecule has 2 heterocycles. The second-order valence-electron chi connectivity index (χ2n) is 1.80. The van der Waals surface area contributed by atoms with E-state index in [0.29, 0.717) is 6.61 Å². The van der Waals surface area contributed by atoms with Crippen molar-refractivity contribution in [2.24, 2.45) is 0 Å². The lowest BCUT2D eigenvalue weighted by molar-refractivity contribution is 0.181. The van der Waals surface area contributed by atoms with Gasteiger partial charge in [0.15, 0.2) is 0 Å². The van der Waals surface area contributed by atoms with Gasteiger partial charge in [0.2, 0.25) is 0 Å². The van der Waals surface area contributed by atoms with Crippen molar-refractivity contribution < 1.29 is 19.7 Å². The maximum atomic E-state index is 8.30. The van der Waals surface area contributed by atoms with E-state index in [1.807, 2.05) is 0 Å². The zero-order chi connectivity index (χ0) is 5.78. The average Bonchev–Trinajstić information content (AvgIpc) is 2.50. The van der Waals surface area contributed by atoms with Crippen molar-refractivity contribution in [3.05, 3.63) is 11.7 Å². The Balaban J connectivity index is 2.26. The van der Waals surface area contributed by atoms with Crippen LogP contribution < -0.4 is 0 Å². The van der Waals surface area contributed by atoms with Gasteiger partial charge in [-0.25, -0.2) is 0 Å². The summed E-state index contributed by atoms with van der Waals surface area (Å²) in [4.78, 5) is 0. The second-order valence-corrected chi connectivity index (χ2v) is 1.80. The van der Waals surface area contributed by atoms with Crippen LogP contribution in [0.1, 0.15) is 0 Å². The second kappa shape index (κ2) is 0.798. The fourth-order valence-corrected chi connectivity index (χ4v) is 0.611. The van der Waals surface area contributed by atoms with Gasteiger partial charge in [-0.05, 0) is 0 Å². The van der Waals surface area contributed by atoms with E-state index in [2.05, 4.69) is 9.47 Å². The van der Waals surface area contributed by atoms with Crippen LogP contribution in [0.15, 0.2) is 11.7 Å². The van der Waals surface area contributed by atoms with Crippen LogP contribution in [0, 0.1) is 0 Å². The van der Waals surface area contributed by atoms with Crippen molar-refractivity contribution in [1.29, 1.82) is 0 Å². The molecule has 2 aliphatic rings. The maximum Gasteiger partial charge on any atom is 0.321 e. The summed E-state index contributed by atoms with van der Waals surface area (Å²) in [6.07, 6.45) is 0. The van der Waals surface area contributed by atoms with E-state index >= 15 is 0 Å². The lowest BCUT2D eigenvalue weighted by Gasteiger charge is -1.73. The van der Waals surface area contributed by atoms with Gasteiger partial charge in [0.25, 0.3) is 5.76 Å². The first-order chi connectivity index (χ1) is 3.75. The van der Waals surface area contributed by atoms with E-state index in [4.69, 9.17) is 10.2 Å². The van der Waals surface area contributed by atoms with Crippen LogP contribution in [0.3, 0.4) is 0 Å². The molecule has 2 saturated heterocycles. The van der Waals surface area contributed by atoms with E-state index < -0.39 is 11.7 Å². The monoisotopic (exact) mass is 116 g/mol. The molecular formula is C4H4O4. The minimum absolute atomic E-state index is 0.164. The summed E-state index contributed by atoms with van der Waals surface area (Å²) in [6, 6.07) is 0. The third-order valence-corrected chi connectivity index (χ3v) is 1.18. The van der Waals surface area contributed by atoms with Gasteiger partial charge in [-0.1, -0.05) is 0 Å². The van der Waals surface area contributed by atoms with Crippen molar-refractivity contribution in [2.75, 3.05) is 6.61 Å². The zero-order valence-electron chi connectivity index (χ0n) is 3.92. The van der Waals surface area contributed by atoms with Crippen LogP contribution in [0.4, 0.5) is 0 Å². The van der Waals surface area contributed by atoms with E-state index in [1.54, 1.807) is 0 Å². The molecule has 0 aromatic rings. The molecule has 4 heteroatoms. The molecule has 0 radical (unpaired) electrons. The Labute approximate surface area is 44.9 Å². The number of ether oxygens (including phenoxy) is 2. The molecule has 1 spiro atoms. The first kappa shape index (κ1) is 4.03. The fourth-order valence-electron chi connectivity index (χ4n) is 0.611. The molecule has 0 amide bonds. The summed E-state index contributed by atoms with van der Waals surface area (Å²) in [5.74, 6) is -1.28. The molecule has 0 saturated carbocycles. The number of aliphatic hydroxyl groups excluding tert-OH is 1. The van der Waals surface area contributed by atoms with E-state index in [9.17, 15) is 0 Å². The molecule has 0 bridgehead atoms. The number of aliphatic hydroxyl groups is 2. The molecule has 8 heavy (non-hydrogen) atoms. The van der Waals surface area contributed by atoms with Gasteiger partial charge in [-0.15, -0.1) is 0 Å². The molecule has 2 aliphatic heterocycles. The van der Waals surface area contributed by atoms with E-state index in [-0.39, 0.29) is 5.76 Å². The Morgan fingerprint density at radius 3 is 2.38 bits per heavy atom. The Hall–Kier alpha value is -0.900. The summed E-state index contributed by atoms with van der Waals surface area (Å²) in [5, 5.41) is 16.6. The van der Waals surface area contributed by atoms with E-state index in [0.717, 1.165) is 0 Å². The smallest absolute Gasteiger partial charge is 0.321 e. The summed E-state index contributed by atoms with van der Waals surface area (Å²) >= 11 is 0. The van der Waals surface area contributed by atoms with Crippen molar-refractivity contribution in [2.45, 2.75) is 5.79 Å². The Bertz CT molecular complexity index is 163. The molecule has 0 aromatic heterocycles. The summed E-state index contributed by atoms with van der Waals surface area (Å²) in [6.45, 7) is 0.451. The highest BCUT2D eigenvalue weighted by molar-refractivity contribution is 5.26. The van der Waals surface area contributed by atoms with Gasteiger partial charge >= 0.3 is 11.7 Å². The minimum atomic E-state index is -0.762. The average molecular weight is 116 g/mol. The predicted octanol–water partition coefficient (Wildman–Crippen LogP) is 0.0282. The van der Waals surface area contributed by atoms with Crippen LogP contribution in [0.25, 0.3) is 0 Å². The molecule has 44 valence electrons. The number of epoxide rings is 2. The van der Waals surface area contributed by atoms with Gasteiger partial charge < -0.3 is 19.7 Å². The standard InChI is InChI=1S/C4H4O4/c5-3(6)2-4(8-2)1-7-4/h5-6H,1H2. The van der Waals surface area contributed by atoms with Crippen LogP contribution in [-0.4, -0.2) is 22.6 Å². The molecule has 1 atom stereocenters. The molecule has 4 nitrogen and oxygen atoms in total. The molecule has 0 aliphatic carbocycles. The molecule has 0 aromatic carbocycles. The molecule has 2 rings (SSSR count). The first-order valence-electron chi connectivity index (χ1n) is 2.20. The minimum Gasteiger partial charge on any atom is -0.478 e. The predicted molar refractivity (Wildman–Crippen MR) is 22.1 cm³/mol. The Morgan fingerprint density at radius 1 is 1.62 bits per heavy atom. The number of rotatable bonds is 0. The van der Waals surface area contributed by atoms with Gasteiger partial charge in [0.05, 0.1) is 0 Å². The maximum absolute atomic E-state index is 8.30. The molecule has 2 fully saturated rings. The Morgan fingerprint density at radius 2 is 2.25 bits per heavy atom. The highest BCUT2D eigenvalue weighted by atomic mass is 16.9. The first-order valence-corrected chi connectivity index (χ1v) is 2.20. The lowest BCUT2D eigenvalue weighted by atomic mass is 10.5. The highest BCUT2D eigenvalue weighted by Crippen LogP contribution is 2.53. The zero-order valence-corrected chi connectivity index (χ0v) is 3.92. The van der Waals surface area contributed by atoms with Gasteiger partial charge in [0.1, 0.15) is 6.61 Å². The number of hydrogen-bond donors (Lipinski definition) is 2. The summed E-state index contributed by atoms with van der Waals surface area (Å²) in [5.41, 5.74) is 0. The molecule has 1 unspecified atom stereocenters. The Kier molecular flexibility index (Phi) is 0.402. The fraction of sp³-hybridized carbons (Fsp3) is 0.500. The third kappa shape index (κ3) is 0.293. The molecular weight excluding hydrogens is 112 g/mol. The van der Waals surface area contributed by atoms with Gasteiger partial charge in [-0.3, -0.25) is 0 Å². The van der Waals surface area contributed by atoms with Crippen molar-refractivity contribution in [3.8, 4) is 0 Å². The van der Waals surface area contributed by atoms with Crippen LogP contribution in [-0.2, 0) is 9.47 Å². The third-order valence-electron chi connectivity index (χ3n) is 1.18. The van der Waals surface area contributed by atoms with E-state index in [1.165, 1.54) is 0 Å². The van der Waals surface area contributed by atoms with Gasteiger partial charge in [0, 0.05) is 0 Å². The largest absolute Gasteiger partial charge is 0.478 e. The van der Waals surface area contributed by atoms with Crippen LogP contribution >= 0.6 is 0 Å². The van der Waals surface area contributed by atoms with Crippen molar-refractivity contribution >= 4 is 0 Å². The van der Waals surface area contributed by atoms with Gasteiger partial charge in [-0.2, -0.15) is 0 Å². The highest BCUT2D eigenvalue weighted by Gasteiger charge is 2.70. The van der Waals surface area contributed by atoms with Crippen molar-refractivity contribution in [3.63, 3.8) is 0 Å². The summed E-state index contributed by atoms with van der Waals surface area (Å²) in [7, 11) is 0. The lowest BCUT2D eigenvalue weighted by Crippen LogP contribution is -1.81. The van der Waals surface area contributed by atoms with Crippen molar-refractivity contribution in [1.82, 2.24) is 0 Å². The van der Waals surface area contributed by atoms with Crippen LogP contribution in [0.2, 0.25) is 0 Å². The summed E-state index contributed by atoms with van der Waals surface area (Å²) < 4.78 is 9.32. The topological polar surface area (TPSA) is 65.5 Å². The molecule has 2 N–H and O–H groups in total. The SMILES string of the molecule is OC(O)=C1OC12CO2.